The van der Waals surface area contributed by atoms with E-state index in [1.165, 1.54) is 0 Å². The van der Waals surface area contributed by atoms with Gasteiger partial charge >= 0.3 is 0 Å². The van der Waals surface area contributed by atoms with Gasteiger partial charge in [-0.1, -0.05) is 6.08 Å². The van der Waals surface area contributed by atoms with Crippen molar-refractivity contribution >= 4 is 17.5 Å². The Kier molecular flexibility index (Phi) is 5.19. The number of phenolic OH excluding ortho intramolecular Hbond substituents is 1. The Labute approximate surface area is 148 Å². The van der Waals surface area contributed by atoms with Crippen LogP contribution in [-0.2, 0) is 4.74 Å². The average Bonchev–Trinajstić information content (AvgIpc) is 2.65. The number of morpholine rings is 1. The van der Waals surface area contributed by atoms with E-state index >= 15 is 0 Å². The number of ether oxygens (including phenoxy) is 1. The molecule has 1 fully saturated rings. The first-order valence-corrected chi connectivity index (χ1v) is 8.50. The van der Waals surface area contributed by atoms with Gasteiger partial charge in [0.2, 0.25) is 0 Å². The molecule has 0 bridgehead atoms. The monoisotopic (exact) mass is 337 g/mol. The third-order valence-corrected chi connectivity index (χ3v) is 4.47. The number of benzene rings is 2. The first kappa shape index (κ1) is 17.2. The lowest BCUT2D eigenvalue weighted by atomic mass is 10.0. The number of phenols is 1. The number of anilines is 1. The summed E-state index contributed by atoms with van der Waals surface area (Å²) in [5, 5.41) is 9.82. The van der Waals surface area contributed by atoms with Crippen molar-refractivity contribution in [1.82, 2.24) is 0 Å². The van der Waals surface area contributed by atoms with E-state index in [0.717, 1.165) is 48.7 Å². The van der Waals surface area contributed by atoms with E-state index in [4.69, 9.17) is 4.74 Å². The fraction of sp³-hybridized carbons (Fsp3) is 0.286. The maximum Gasteiger partial charge on any atom is 0.185 e. The minimum Gasteiger partial charge on any atom is -0.507 e. The standard InChI is InChI=1S/C21H23NO3/c1-15-13-17(14-16(2)21(15)24)3-8-20(23)18-4-6-19(7-5-18)22-9-11-25-12-10-22/h3-8,13-14,24H,9-12H2,1-2H3/b8-3+. The number of ketones is 1. The fourth-order valence-corrected chi connectivity index (χ4v) is 3.01. The molecule has 1 saturated heterocycles. The summed E-state index contributed by atoms with van der Waals surface area (Å²) in [6.45, 7) is 6.96. The Bertz CT molecular complexity index is 764. The first-order chi connectivity index (χ1) is 12.0. The molecule has 2 aromatic carbocycles. The highest BCUT2D eigenvalue weighted by atomic mass is 16.5. The number of hydrogen-bond donors (Lipinski definition) is 1. The number of aryl methyl sites for hydroxylation is 2. The summed E-state index contributed by atoms with van der Waals surface area (Å²) >= 11 is 0. The van der Waals surface area contributed by atoms with Gasteiger partial charge in [0.25, 0.3) is 0 Å². The number of rotatable bonds is 4. The molecule has 0 saturated carbocycles. The summed E-state index contributed by atoms with van der Waals surface area (Å²) in [7, 11) is 0. The lowest BCUT2D eigenvalue weighted by molar-refractivity contribution is 0.104. The molecule has 0 unspecified atom stereocenters. The van der Waals surface area contributed by atoms with E-state index in [1.807, 2.05) is 50.2 Å². The Hall–Kier alpha value is -2.59. The normalized spacial score (nSPS) is 14.9. The van der Waals surface area contributed by atoms with Crippen LogP contribution in [0.4, 0.5) is 5.69 Å². The largest absolute Gasteiger partial charge is 0.507 e. The van der Waals surface area contributed by atoms with Gasteiger partial charge in [0.1, 0.15) is 5.75 Å². The molecule has 0 atom stereocenters. The highest BCUT2D eigenvalue weighted by Gasteiger charge is 2.11. The molecule has 0 radical (unpaired) electrons. The number of carbonyl (C=O) groups is 1. The van der Waals surface area contributed by atoms with Crippen molar-refractivity contribution in [2.75, 3.05) is 31.2 Å². The maximum atomic E-state index is 12.4. The third-order valence-electron chi connectivity index (χ3n) is 4.47. The summed E-state index contributed by atoms with van der Waals surface area (Å²) in [4.78, 5) is 14.6. The van der Waals surface area contributed by atoms with E-state index in [1.54, 1.807) is 12.2 Å². The van der Waals surface area contributed by atoms with Gasteiger partial charge < -0.3 is 14.7 Å². The zero-order chi connectivity index (χ0) is 17.8. The summed E-state index contributed by atoms with van der Waals surface area (Å²) in [6, 6.07) is 11.4. The molecule has 25 heavy (non-hydrogen) atoms. The second kappa shape index (κ2) is 7.53. The van der Waals surface area contributed by atoms with Crippen molar-refractivity contribution in [2.45, 2.75) is 13.8 Å². The maximum absolute atomic E-state index is 12.4. The van der Waals surface area contributed by atoms with Gasteiger partial charge in [-0.15, -0.1) is 0 Å². The van der Waals surface area contributed by atoms with Crippen LogP contribution < -0.4 is 4.90 Å². The molecule has 1 heterocycles. The molecule has 4 heteroatoms. The predicted octanol–water partition coefficient (Wildman–Crippen LogP) is 3.74. The molecule has 1 aliphatic heterocycles. The van der Waals surface area contributed by atoms with Crippen LogP contribution in [0.2, 0.25) is 0 Å². The molecule has 4 nitrogen and oxygen atoms in total. The SMILES string of the molecule is Cc1cc(/C=C/C(=O)c2ccc(N3CCOCC3)cc2)cc(C)c1O. The van der Waals surface area contributed by atoms with E-state index in [9.17, 15) is 9.90 Å². The molecule has 2 aromatic rings. The molecule has 3 rings (SSSR count). The first-order valence-electron chi connectivity index (χ1n) is 8.50. The molecule has 130 valence electrons. The summed E-state index contributed by atoms with van der Waals surface area (Å²) < 4.78 is 5.36. The van der Waals surface area contributed by atoms with E-state index < -0.39 is 0 Å². The smallest absolute Gasteiger partial charge is 0.185 e. The van der Waals surface area contributed by atoms with Crippen LogP contribution in [0.3, 0.4) is 0 Å². The Morgan fingerprint density at radius 2 is 1.68 bits per heavy atom. The number of carbonyl (C=O) groups excluding carboxylic acids is 1. The predicted molar refractivity (Wildman–Crippen MR) is 100 cm³/mol. The Morgan fingerprint density at radius 1 is 1.08 bits per heavy atom. The summed E-state index contributed by atoms with van der Waals surface area (Å²) in [5.74, 6) is 0.277. The molecule has 0 amide bonds. The number of nitrogens with zero attached hydrogens (tertiary/aromatic N) is 1. The third kappa shape index (κ3) is 4.09. The average molecular weight is 337 g/mol. The van der Waals surface area contributed by atoms with Crippen molar-refractivity contribution in [3.8, 4) is 5.75 Å². The van der Waals surface area contributed by atoms with Gasteiger partial charge in [-0.2, -0.15) is 0 Å². The van der Waals surface area contributed by atoms with Gasteiger partial charge in [0.05, 0.1) is 13.2 Å². The highest BCUT2D eigenvalue weighted by molar-refractivity contribution is 6.07. The lowest BCUT2D eigenvalue weighted by Gasteiger charge is -2.28. The topological polar surface area (TPSA) is 49.8 Å². The number of allylic oxidation sites excluding steroid dienone is 1. The van der Waals surface area contributed by atoms with Crippen LogP contribution in [0, 0.1) is 13.8 Å². The molecule has 0 aromatic heterocycles. The second-order valence-electron chi connectivity index (χ2n) is 6.35. The molecular weight excluding hydrogens is 314 g/mol. The molecule has 0 aliphatic carbocycles. The van der Waals surface area contributed by atoms with Crippen LogP contribution in [0.15, 0.2) is 42.5 Å². The van der Waals surface area contributed by atoms with Crippen LogP contribution >= 0.6 is 0 Å². The second-order valence-corrected chi connectivity index (χ2v) is 6.35. The zero-order valence-corrected chi connectivity index (χ0v) is 14.7. The summed E-state index contributed by atoms with van der Waals surface area (Å²) in [5.41, 5.74) is 4.31. The molecule has 1 aliphatic rings. The number of aromatic hydroxyl groups is 1. The minimum atomic E-state index is -0.0306. The molecular formula is C21H23NO3. The van der Waals surface area contributed by atoms with Crippen LogP contribution in [0.1, 0.15) is 27.0 Å². The van der Waals surface area contributed by atoms with E-state index in [-0.39, 0.29) is 5.78 Å². The minimum absolute atomic E-state index is 0.0306. The van der Waals surface area contributed by atoms with Gasteiger partial charge in [-0.05, 0) is 73.0 Å². The van der Waals surface area contributed by atoms with Crippen molar-refractivity contribution in [2.24, 2.45) is 0 Å². The molecule has 1 N–H and O–H groups in total. The fourth-order valence-electron chi connectivity index (χ4n) is 3.01. The summed E-state index contributed by atoms with van der Waals surface area (Å²) in [6.07, 6.45) is 3.37. The quantitative estimate of drug-likeness (QED) is 0.682. The van der Waals surface area contributed by atoms with Crippen LogP contribution in [0.5, 0.6) is 5.75 Å². The van der Waals surface area contributed by atoms with Gasteiger partial charge in [0.15, 0.2) is 5.78 Å². The van der Waals surface area contributed by atoms with Crippen molar-refractivity contribution < 1.29 is 14.6 Å². The molecule has 0 spiro atoms. The van der Waals surface area contributed by atoms with Crippen molar-refractivity contribution in [3.63, 3.8) is 0 Å². The van der Waals surface area contributed by atoms with Gasteiger partial charge in [-0.3, -0.25) is 4.79 Å². The van der Waals surface area contributed by atoms with Gasteiger partial charge in [0, 0.05) is 24.3 Å². The zero-order valence-electron chi connectivity index (χ0n) is 14.7. The van der Waals surface area contributed by atoms with Crippen molar-refractivity contribution in [1.29, 1.82) is 0 Å². The van der Waals surface area contributed by atoms with Gasteiger partial charge in [-0.25, -0.2) is 0 Å². The van der Waals surface area contributed by atoms with E-state index in [2.05, 4.69) is 4.90 Å². The Balaban J connectivity index is 1.70. The van der Waals surface area contributed by atoms with Crippen LogP contribution in [0.25, 0.3) is 6.08 Å². The van der Waals surface area contributed by atoms with E-state index in [0.29, 0.717) is 11.3 Å². The lowest BCUT2D eigenvalue weighted by Crippen LogP contribution is -2.36. The van der Waals surface area contributed by atoms with Crippen molar-refractivity contribution in [3.05, 3.63) is 64.7 Å². The Morgan fingerprint density at radius 3 is 2.28 bits per heavy atom. The number of hydrogen-bond acceptors (Lipinski definition) is 4. The highest BCUT2D eigenvalue weighted by Crippen LogP contribution is 2.23. The van der Waals surface area contributed by atoms with Crippen LogP contribution in [-0.4, -0.2) is 37.2 Å².